The van der Waals surface area contributed by atoms with E-state index in [1.807, 2.05) is 18.2 Å². The zero-order valence-electron chi connectivity index (χ0n) is 16.3. The summed E-state index contributed by atoms with van der Waals surface area (Å²) < 4.78 is 7.40. The number of esters is 1. The van der Waals surface area contributed by atoms with E-state index in [2.05, 4.69) is 15.9 Å². The maximum Gasteiger partial charge on any atom is 0.325 e. The molecule has 4 rings (SSSR count). The number of imide groups is 1. The highest BCUT2D eigenvalue weighted by Gasteiger charge is 2.35. The topological polar surface area (TPSA) is 68.6 Å². The Morgan fingerprint density at radius 3 is 2.65 bits per heavy atom. The van der Waals surface area contributed by atoms with Crippen molar-refractivity contribution >= 4 is 73.4 Å². The molecule has 0 radical (unpaired) electrons. The summed E-state index contributed by atoms with van der Waals surface area (Å²) in [5.74, 6) is -0.733. The van der Waals surface area contributed by atoms with E-state index in [0.29, 0.717) is 9.93 Å². The molecule has 158 valence electrons. The zero-order chi connectivity index (χ0) is 22.1. The van der Waals surface area contributed by atoms with Crippen molar-refractivity contribution in [3.63, 3.8) is 0 Å². The van der Waals surface area contributed by atoms with Crippen LogP contribution < -0.4 is 0 Å². The Hall–Kier alpha value is -2.55. The van der Waals surface area contributed by atoms with Crippen LogP contribution in [0.2, 0.25) is 5.02 Å². The van der Waals surface area contributed by atoms with Crippen LogP contribution in [0.25, 0.3) is 17.0 Å². The van der Waals surface area contributed by atoms with Gasteiger partial charge in [-0.15, -0.1) is 0 Å². The van der Waals surface area contributed by atoms with Gasteiger partial charge in [-0.25, -0.2) is 0 Å². The Bertz CT molecular complexity index is 1240. The second kappa shape index (κ2) is 8.90. The molecule has 0 N–H and O–H groups in total. The molecule has 0 atom stereocenters. The number of methoxy groups -OCH3 is 1. The highest BCUT2D eigenvalue weighted by molar-refractivity contribution is 9.10. The first-order valence-corrected chi connectivity index (χ1v) is 11.2. The van der Waals surface area contributed by atoms with Crippen molar-refractivity contribution in [2.45, 2.75) is 13.1 Å². The van der Waals surface area contributed by atoms with E-state index in [9.17, 15) is 14.4 Å². The Morgan fingerprint density at radius 2 is 1.94 bits per heavy atom. The maximum absolute atomic E-state index is 12.9. The molecule has 0 bridgehead atoms. The van der Waals surface area contributed by atoms with E-state index >= 15 is 0 Å². The lowest BCUT2D eigenvalue weighted by Gasteiger charge is -2.12. The normalized spacial score (nSPS) is 15.3. The van der Waals surface area contributed by atoms with E-state index < -0.39 is 0 Å². The number of nitrogens with zero attached hydrogens (tertiary/aromatic N) is 2. The van der Waals surface area contributed by atoms with Gasteiger partial charge in [-0.2, -0.15) is 0 Å². The number of benzene rings is 2. The lowest BCUT2D eigenvalue weighted by atomic mass is 10.1. The summed E-state index contributed by atoms with van der Waals surface area (Å²) in [6.45, 7) is 0.218. The SMILES string of the molecule is COC(=O)Cn1cc(/C=C2\SC(=O)N(Cc3ccc(Cl)cc3)C2=O)c2cc(Br)ccc21. The average Bonchev–Trinajstić information content (AvgIpc) is 3.21. The van der Waals surface area contributed by atoms with Crippen molar-refractivity contribution in [3.8, 4) is 0 Å². The van der Waals surface area contributed by atoms with E-state index in [4.69, 9.17) is 16.3 Å². The minimum Gasteiger partial charge on any atom is -0.468 e. The molecule has 1 fully saturated rings. The predicted octanol–water partition coefficient (Wildman–Crippen LogP) is 5.47. The van der Waals surface area contributed by atoms with Gasteiger partial charge in [0.2, 0.25) is 0 Å². The van der Waals surface area contributed by atoms with Gasteiger partial charge in [0.1, 0.15) is 6.54 Å². The van der Waals surface area contributed by atoms with Gasteiger partial charge in [0.25, 0.3) is 11.1 Å². The van der Waals surface area contributed by atoms with Crippen molar-refractivity contribution in [3.05, 3.63) is 74.2 Å². The molecule has 0 spiro atoms. The monoisotopic (exact) mass is 518 g/mol. The number of hydrogen-bond donors (Lipinski definition) is 0. The van der Waals surface area contributed by atoms with Gasteiger partial charge in [0.15, 0.2) is 0 Å². The molecule has 0 saturated carbocycles. The molecule has 2 aromatic carbocycles. The third-order valence-electron chi connectivity index (χ3n) is 4.82. The number of carbonyl (C=O) groups excluding carboxylic acids is 3. The quantitative estimate of drug-likeness (QED) is 0.330. The van der Waals surface area contributed by atoms with Crippen LogP contribution in [0.4, 0.5) is 4.79 Å². The smallest absolute Gasteiger partial charge is 0.325 e. The highest BCUT2D eigenvalue weighted by Crippen LogP contribution is 2.35. The van der Waals surface area contributed by atoms with Crippen LogP contribution in [-0.4, -0.2) is 33.7 Å². The number of hydrogen-bond acceptors (Lipinski definition) is 5. The summed E-state index contributed by atoms with van der Waals surface area (Å²) >= 11 is 10.3. The lowest BCUT2D eigenvalue weighted by Crippen LogP contribution is -2.27. The van der Waals surface area contributed by atoms with Crippen molar-refractivity contribution in [2.75, 3.05) is 7.11 Å². The van der Waals surface area contributed by atoms with Crippen LogP contribution in [0.3, 0.4) is 0 Å². The fourth-order valence-electron chi connectivity index (χ4n) is 3.30. The first kappa shape index (κ1) is 21.7. The van der Waals surface area contributed by atoms with Crippen LogP contribution in [-0.2, 0) is 27.4 Å². The molecule has 3 aromatic rings. The van der Waals surface area contributed by atoms with Crippen LogP contribution >= 0.6 is 39.3 Å². The molecule has 1 aliphatic rings. The fourth-order valence-corrected chi connectivity index (χ4v) is 4.61. The minimum atomic E-state index is -0.380. The Morgan fingerprint density at radius 1 is 1.19 bits per heavy atom. The molecule has 6 nitrogen and oxygen atoms in total. The number of amides is 2. The highest BCUT2D eigenvalue weighted by atomic mass is 79.9. The molecular weight excluding hydrogens is 504 g/mol. The van der Waals surface area contributed by atoms with E-state index in [1.165, 1.54) is 12.0 Å². The van der Waals surface area contributed by atoms with Gasteiger partial charge in [-0.05, 0) is 53.7 Å². The number of carbonyl (C=O) groups is 3. The fraction of sp³-hybridized carbons (Fsp3) is 0.136. The summed E-state index contributed by atoms with van der Waals surface area (Å²) in [6, 6.07) is 12.7. The molecule has 1 aromatic heterocycles. The molecule has 31 heavy (non-hydrogen) atoms. The van der Waals surface area contributed by atoms with E-state index in [1.54, 1.807) is 41.1 Å². The molecule has 1 saturated heterocycles. The number of halogens is 2. The molecular formula is C22H16BrClN2O4S. The average molecular weight is 520 g/mol. The number of thioether (sulfide) groups is 1. The Kier molecular flexibility index (Phi) is 6.22. The molecule has 1 aliphatic heterocycles. The lowest BCUT2D eigenvalue weighted by molar-refractivity contribution is -0.141. The first-order valence-electron chi connectivity index (χ1n) is 9.20. The van der Waals surface area contributed by atoms with Crippen LogP contribution in [0.1, 0.15) is 11.1 Å². The van der Waals surface area contributed by atoms with Gasteiger partial charge in [-0.1, -0.05) is 39.7 Å². The molecule has 0 aliphatic carbocycles. The van der Waals surface area contributed by atoms with Gasteiger partial charge in [-0.3, -0.25) is 19.3 Å². The van der Waals surface area contributed by atoms with Crippen LogP contribution in [0.15, 0.2) is 58.0 Å². The summed E-state index contributed by atoms with van der Waals surface area (Å²) in [6.07, 6.45) is 3.47. The van der Waals surface area contributed by atoms with Gasteiger partial charge in [0.05, 0.1) is 18.6 Å². The molecule has 2 amide bonds. The van der Waals surface area contributed by atoms with Crippen molar-refractivity contribution in [2.24, 2.45) is 0 Å². The van der Waals surface area contributed by atoms with Gasteiger partial charge < -0.3 is 9.30 Å². The summed E-state index contributed by atoms with van der Waals surface area (Å²) in [5.41, 5.74) is 2.36. The molecule has 2 heterocycles. The van der Waals surface area contributed by atoms with E-state index in [-0.39, 0.29) is 30.2 Å². The Labute approximate surface area is 195 Å². The second-order valence-electron chi connectivity index (χ2n) is 6.84. The number of rotatable bonds is 5. The summed E-state index contributed by atoms with van der Waals surface area (Å²) in [4.78, 5) is 38.8. The molecule has 0 unspecified atom stereocenters. The maximum atomic E-state index is 12.9. The molecule has 9 heteroatoms. The standard InChI is InChI=1S/C22H16BrClN2O4S/c1-30-20(27)12-25-11-14(17-9-15(23)4-7-18(17)25)8-19-21(28)26(22(29)31-19)10-13-2-5-16(24)6-3-13/h2-9,11H,10,12H2,1H3/b19-8-. The van der Waals surface area contributed by atoms with Crippen molar-refractivity contribution < 1.29 is 19.1 Å². The summed E-state index contributed by atoms with van der Waals surface area (Å²) in [7, 11) is 1.34. The first-order chi connectivity index (χ1) is 14.9. The number of fused-ring (bicyclic) bond motifs is 1. The second-order valence-corrected chi connectivity index (χ2v) is 9.19. The number of aromatic nitrogens is 1. The number of ether oxygens (including phenoxy) is 1. The van der Waals surface area contributed by atoms with Crippen molar-refractivity contribution in [1.82, 2.24) is 9.47 Å². The van der Waals surface area contributed by atoms with Gasteiger partial charge in [0, 0.05) is 32.2 Å². The largest absolute Gasteiger partial charge is 0.468 e. The zero-order valence-corrected chi connectivity index (χ0v) is 19.5. The van der Waals surface area contributed by atoms with Crippen LogP contribution in [0.5, 0.6) is 0 Å². The van der Waals surface area contributed by atoms with Gasteiger partial charge >= 0.3 is 5.97 Å². The predicted molar refractivity (Wildman–Crippen MR) is 125 cm³/mol. The van der Waals surface area contributed by atoms with Crippen LogP contribution in [0, 0.1) is 0 Å². The summed E-state index contributed by atoms with van der Waals surface area (Å²) in [5, 5.41) is 1.11. The minimum absolute atomic E-state index is 0.0422. The third-order valence-corrected chi connectivity index (χ3v) is 6.47. The van der Waals surface area contributed by atoms with E-state index in [0.717, 1.165) is 38.3 Å². The Balaban J connectivity index is 1.67. The van der Waals surface area contributed by atoms with Crippen molar-refractivity contribution in [1.29, 1.82) is 0 Å². The third kappa shape index (κ3) is 4.56.